The molecular formula is C19H28ClN3O3. The zero-order valence-corrected chi connectivity index (χ0v) is 16.0. The van der Waals surface area contributed by atoms with Crippen molar-refractivity contribution in [1.82, 2.24) is 9.80 Å². The number of ether oxygens (including phenoxy) is 1. The molecule has 1 heterocycles. The van der Waals surface area contributed by atoms with Gasteiger partial charge in [0.1, 0.15) is 5.75 Å². The summed E-state index contributed by atoms with van der Waals surface area (Å²) >= 11 is 0. The summed E-state index contributed by atoms with van der Waals surface area (Å²) < 4.78 is 5.56. The van der Waals surface area contributed by atoms with Gasteiger partial charge in [-0.3, -0.25) is 9.59 Å². The van der Waals surface area contributed by atoms with Crippen LogP contribution in [0.5, 0.6) is 5.75 Å². The number of carbonyl (C=O) groups excluding carboxylic acids is 2. The van der Waals surface area contributed by atoms with Crippen molar-refractivity contribution < 1.29 is 14.3 Å². The summed E-state index contributed by atoms with van der Waals surface area (Å²) in [4.78, 5) is 29.1. The van der Waals surface area contributed by atoms with Crippen LogP contribution in [0.3, 0.4) is 0 Å². The number of hydrogen-bond donors (Lipinski definition) is 1. The maximum Gasteiger partial charge on any atom is 0.257 e. The fourth-order valence-electron chi connectivity index (χ4n) is 3.72. The fourth-order valence-corrected chi connectivity index (χ4v) is 3.72. The van der Waals surface area contributed by atoms with Gasteiger partial charge in [-0.25, -0.2) is 0 Å². The summed E-state index contributed by atoms with van der Waals surface area (Å²) in [6, 6.07) is 7.49. The lowest BCUT2D eigenvalue weighted by Gasteiger charge is -2.36. The van der Waals surface area contributed by atoms with E-state index < -0.39 is 0 Å². The third-order valence-electron chi connectivity index (χ3n) is 5.12. The lowest BCUT2D eigenvalue weighted by atomic mass is 10.1. The van der Waals surface area contributed by atoms with E-state index in [0.29, 0.717) is 44.1 Å². The van der Waals surface area contributed by atoms with Crippen molar-refractivity contribution in [1.29, 1.82) is 0 Å². The largest absolute Gasteiger partial charge is 0.493 e. The van der Waals surface area contributed by atoms with Crippen molar-refractivity contribution in [3.05, 3.63) is 29.8 Å². The lowest BCUT2D eigenvalue weighted by molar-refractivity contribution is -0.136. The first-order valence-electron chi connectivity index (χ1n) is 9.15. The lowest BCUT2D eigenvalue weighted by Crippen LogP contribution is -2.51. The Bertz CT molecular complexity index is 632. The topological polar surface area (TPSA) is 75.9 Å². The second-order valence-electron chi connectivity index (χ2n) is 6.82. The summed E-state index contributed by atoms with van der Waals surface area (Å²) in [5.74, 6) is 0.859. The number of benzene rings is 1. The molecule has 26 heavy (non-hydrogen) atoms. The van der Waals surface area contributed by atoms with Gasteiger partial charge in [0.2, 0.25) is 5.91 Å². The molecule has 2 fully saturated rings. The Hall–Kier alpha value is -1.79. The highest BCUT2D eigenvalue weighted by Crippen LogP contribution is 2.27. The van der Waals surface area contributed by atoms with Crippen molar-refractivity contribution in [3.63, 3.8) is 0 Å². The highest BCUT2D eigenvalue weighted by Gasteiger charge is 2.33. The molecule has 0 aromatic heterocycles. The number of amides is 2. The molecule has 1 aliphatic carbocycles. The van der Waals surface area contributed by atoms with Crippen molar-refractivity contribution in [3.8, 4) is 5.75 Å². The van der Waals surface area contributed by atoms with E-state index in [4.69, 9.17) is 10.5 Å². The molecule has 1 aromatic carbocycles. The van der Waals surface area contributed by atoms with Crippen LogP contribution in [0.25, 0.3) is 0 Å². The number of piperazine rings is 1. The SMILES string of the molecule is CCOc1ccccc1C(=O)N1CCN(C(=O)C2CCC(N)C2)CC1.Cl. The Morgan fingerprint density at radius 2 is 1.77 bits per heavy atom. The second-order valence-corrected chi connectivity index (χ2v) is 6.82. The summed E-state index contributed by atoms with van der Waals surface area (Å²) in [5, 5.41) is 0. The molecule has 1 saturated carbocycles. The normalized spacial score (nSPS) is 22.7. The monoisotopic (exact) mass is 381 g/mol. The first-order chi connectivity index (χ1) is 12.1. The van der Waals surface area contributed by atoms with Gasteiger partial charge in [-0.1, -0.05) is 12.1 Å². The Morgan fingerprint density at radius 1 is 1.12 bits per heavy atom. The van der Waals surface area contributed by atoms with Crippen LogP contribution in [0.2, 0.25) is 0 Å². The van der Waals surface area contributed by atoms with Gasteiger partial charge >= 0.3 is 0 Å². The van der Waals surface area contributed by atoms with Crippen molar-refractivity contribution in [2.24, 2.45) is 11.7 Å². The van der Waals surface area contributed by atoms with E-state index in [0.717, 1.165) is 19.3 Å². The molecule has 1 aliphatic heterocycles. The van der Waals surface area contributed by atoms with Crippen LogP contribution in [0, 0.1) is 5.92 Å². The minimum Gasteiger partial charge on any atom is -0.493 e. The van der Waals surface area contributed by atoms with Crippen LogP contribution in [0.4, 0.5) is 0 Å². The summed E-state index contributed by atoms with van der Waals surface area (Å²) in [6.45, 7) is 4.73. The quantitative estimate of drug-likeness (QED) is 0.864. The third kappa shape index (κ3) is 4.48. The Balaban J connectivity index is 0.00000243. The summed E-state index contributed by atoms with van der Waals surface area (Å²) in [7, 11) is 0. The Morgan fingerprint density at radius 3 is 2.38 bits per heavy atom. The summed E-state index contributed by atoms with van der Waals surface area (Å²) in [5.41, 5.74) is 6.51. The molecule has 2 aliphatic rings. The van der Waals surface area contributed by atoms with Crippen LogP contribution >= 0.6 is 12.4 Å². The van der Waals surface area contributed by atoms with E-state index in [1.165, 1.54) is 0 Å². The standard InChI is InChI=1S/C19H27N3O3.ClH/c1-2-25-17-6-4-3-5-16(17)19(24)22-11-9-21(10-12-22)18(23)14-7-8-15(20)13-14;/h3-6,14-15H,2,7-13,20H2,1H3;1H. The zero-order chi connectivity index (χ0) is 17.8. The van der Waals surface area contributed by atoms with Gasteiger partial charge in [0.05, 0.1) is 12.2 Å². The molecule has 2 N–H and O–H groups in total. The van der Waals surface area contributed by atoms with Crippen LogP contribution in [-0.4, -0.2) is 60.4 Å². The number of rotatable bonds is 4. The van der Waals surface area contributed by atoms with Crippen molar-refractivity contribution in [2.75, 3.05) is 32.8 Å². The molecule has 0 radical (unpaired) electrons. The van der Waals surface area contributed by atoms with Gasteiger partial charge in [0.25, 0.3) is 5.91 Å². The Kier molecular flexibility index (Phi) is 7.29. The number of para-hydroxylation sites is 1. The molecule has 1 saturated heterocycles. The van der Waals surface area contributed by atoms with E-state index >= 15 is 0 Å². The highest BCUT2D eigenvalue weighted by molar-refractivity contribution is 5.97. The number of carbonyl (C=O) groups is 2. The van der Waals surface area contributed by atoms with E-state index in [1.54, 1.807) is 6.07 Å². The minimum atomic E-state index is -0.0287. The first-order valence-corrected chi connectivity index (χ1v) is 9.15. The first kappa shape index (κ1) is 20.5. The molecule has 1 aromatic rings. The van der Waals surface area contributed by atoms with Crippen LogP contribution in [0.15, 0.2) is 24.3 Å². The van der Waals surface area contributed by atoms with E-state index in [9.17, 15) is 9.59 Å². The van der Waals surface area contributed by atoms with E-state index in [-0.39, 0.29) is 36.2 Å². The second kappa shape index (κ2) is 9.24. The summed E-state index contributed by atoms with van der Waals surface area (Å²) in [6.07, 6.45) is 2.61. The Labute approximate surface area is 161 Å². The van der Waals surface area contributed by atoms with Gasteiger partial charge in [-0.05, 0) is 38.3 Å². The molecule has 0 bridgehead atoms. The molecule has 7 heteroatoms. The average molecular weight is 382 g/mol. The van der Waals surface area contributed by atoms with Crippen LogP contribution < -0.4 is 10.5 Å². The van der Waals surface area contributed by atoms with Gasteiger partial charge in [-0.15, -0.1) is 12.4 Å². The van der Waals surface area contributed by atoms with Crippen LogP contribution in [0.1, 0.15) is 36.5 Å². The average Bonchev–Trinajstić information content (AvgIpc) is 3.08. The van der Waals surface area contributed by atoms with Crippen molar-refractivity contribution in [2.45, 2.75) is 32.2 Å². The van der Waals surface area contributed by atoms with Gasteiger partial charge in [0.15, 0.2) is 0 Å². The van der Waals surface area contributed by atoms with Gasteiger partial charge < -0.3 is 20.3 Å². The minimum absolute atomic E-state index is 0. The smallest absolute Gasteiger partial charge is 0.257 e. The predicted molar refractivity (Wildman–Crippen MR) is 103 cm³/mol. The zero-order valence-electron chi connectivity index (χ0n) is 15.2. The molecule has 144 valence electrons. The number of nitrogens with zero attached hydrogens (tertiary/aromatic N) is 2. The number of halogens is 1. The predicted octanol–water partition coefficient (Wildman–Crippen LogP) is 1.92. The molecule has 2 atom stereocenters. The fraction of sp³-hybridized carbons (Fsp3) is 0.579. The van der Waals surface area contributed by atoms with Gasteiger partial charge in [0, 0.05) is 38.1 Å². The van der Waals surface area contributed by atoms with E-state index in [1.807, 2.05) is 34.9 Å². The molecular weight excluding hydrogens is 354 g/mol. The molecule has 0 spiro atoms. The molecule has 2 unspecified atom stereocenters. The molecule has 6 nitrogen and oxygen atoms in total. The molecule has 3 rings (SSSR count). The maximum atomic E-state index is 12.8. The van der Waals surface area contributed by atoms with Gasteiger partial charge in [-0.2, -0.15) is 0 Å². The highest BCUT2D eigenvalue weighted by atomic mass is 35.5. The number of nitrogens with two attached hydrogens (primary N) is 1. The van der Waals surface area contributed by atoms with E-state index in [2.05, 4.69) is 0 Å². The maximum absolute atomic E-state index is 12.8. The third-order valence-corrected chi connectivity index (χ3v) is 5.12. The number of hydrogen-bond acceptors (Lipinski definition) is 4. The van der Waals surface area contributed by atoms with Crippen LogP contribution in [-0.2, 0) is 4.79 Å². The molecule has 2 amide bonds. The van der Waals surface area contributed by atoms with Crippen molar-refractivity contribution >= 4 is 24.2 Å².